The molecular weight excluding hydrogens is 642 g/mol. The molecular formula is C35H36FN3O6S2. The number of carbonyl (C=O) groups excluding carboxylic acids is 2. The van der Waals surface area contributed by atoms with Crippen LogP contribution in [0.3, 0.4) is 0 Å². The first-order valence-electron chi connectivity index (χ1n) is 15.5. The third kappa shape index (κ3) is 7.94. The number of hydrogen-bond acceptors (Lipinski definition) is 10. The molecule has 1 atom stereocenters. The number of aliphatic hydroxyl groups excluding tert-OH is 1. The molecule has 0 bridgehead atoms. The van der Waals surface area contributed by atoms with E-state index in [1.807, 2.05) is 13.8 Å². The lowest BCUT2D eigenvalue weighted by Crippen LogP contribution is -2.29. The zero-order chi connectivity index (χ0) is 33.3. The molecule has 0 saturated carbocycles. The number of hydrogen-bond donors (Lipinski definition) is 1. The normalized spacial score (nSPS) is 15.7. The van der Waals surface area contributed by atoms with Crippen molar-refractivity contribution in [3.63, 3.8) is 0 Å². The molecule has 47 heavy (non-hydrogen) atoms. The molecule has 246 valence electrons. The van der Waals surface area contributed by atoms with Crippen molar-refractivity contribution in [2.24, 2.45) is 0 Å². The molecule has 5 rings (SSSR count). The number of nitrogens with zero attached hydrogens (tertiary/aromatic N) is 3. The van der Waals surface area contributed by atoms with E-state index < -0.39 is 17.7 Å². The quantitative estimate of drug-likeness (QED) is 0.0335. The van der Waals surface area contributed by atoms with E-state index in [1.165, 1.54) is 28.8 Å². The minimum atomic E-state index is -1.03. The van der Waals surface area contributed by atoms with Crippen LogP contribution >= 0.6 is 23.1 Å². The van der Waals surface area contributed by atoms with Gasteiger partial charge >= 0.3 is 5.91 Å². The number of carbonyl (C=O) groups is 2. The van der Waals surface area contributed by atoms with E-state index in [0.717, 1.165) is 36.2 Å². The second-order valence-corrected chi connectivity index (χ2v) is 12.8. The number of rotatable bonds is 15. The maximum absolute atomic E-state index is 13.7. The number of aromatic nitrogens is 2. The molecule has 0 radical (unpaired) electrons. The SMILES string of the molecule is CCCCCOc1ccc(C2C(=C(O)c3ccc(OCC)cc3)C(=O)C(=O)N2c2nnc(SCc3ccc(F)cc3)s2)cc1OCC. The third-order valence-electron chi connectivity index (χ3n) is 7.35. The summed E-state index contributed by atoms with van der Waals surface area (Å²) in [4.78, 5) is 28.7. The van der Waals surface area contributed by atoms with Crippen molar-refractivity contribution in [3.8, 4) is 17.2 Å². The lowest BCUT2D eigenvalue weighted by atomic mass is 9.95. The molecule has 3 aromatic carbocycles. The zero-order valence-electron chi connectivity index (χ0n) is 26.4. The lowest BCUT2D eigenvalue weighted by Gasteiger charge is -2.23. The minimum absolute atomic E-state index is 0.0889. The number of halogens is 1. The molecule has 1 aromatic heterocycles. The maximum Gasteiger partial charge on any atom is 0.301 e. The predicted molar refractivity (Wildman–Crippen MR) is 181 cm³/mol. The molecule has 1 saturated heterocycles. The number of ketones is 1. The highest BCUT2D eigenvalue weighted by atomic mass is 32.2. The number of benzene rings is 3. The van der Waals surface area contributed by atoms with Crippen LogP contribution in [0.4, 0.5) is 9.52 Å². The molecule has 1 unspecified atom stereocenters. The Morgan fingerprint density at radius 1 is 0.915 bits per heavy atom. The Labute approximate surface area is 281 Å². The summed E-state index contributed by atoms with van der Waals surface area (Å²) in [7, 11) is 0. The summed E-state index contributed by atoms with van der Waals surface area (Å²) in [5, 5.41) is 20.3. The third-order valence-corrected chi connectivity index (χ3v) is 9.48. The van der Waals surface area contributed by atoms with Crippen molar-refractivity contribution < 1.29 is 33.3 Å². The second kappa shape index (κ2) is 15.9. The van der Waals surface area contributed by atoms with Gasteiger partial charge in [-0.2, -0.15) is 0 Å². The van der Waals surface area contributed by atoms with Crippen LogP contribution in [0.1, 0.15) is 62.8 Å². The van der Waals surface area contributed by atoms with Crippen LogP contribution in [-0.2, 0) is 15.3 Å². The molecule has 12 heteroatoms. The van der Waals surface area contributed by atoms with Gasteiger partial charge in [-0.05, 0) is 79.9 Å². The van der Waals surface area contributed by atoms with Crippen molar-refractivity contribution in [2.45, 2.75) is 56.2 Å². The number of aliphatic hydroxyl groups is 1. The highest BCUT2D eigenvalue weighted by Crippen LogP contribution is 2.45. The highest BCUT2D eigenvalue weighted by molar-refractivity contribution is 8.00. The molecule has 1 aliphatic rings. The van der Waals surface area contributed by atoms with Crippen LogP contribution in [0.15, 0.2) is 76.6 Å². The van der Waals surface area contributed by atoms with Gasteiger partial charge < -0.3 is 19.3 Å². The molecule has 1 fully saturated rings. The van der Waals surface area contributed by atoms with Crippen LogP contribution in [0.2, 0.25) is 0 Å². The van der Waals surface area contributed by atoms with Gasteiger partial charge in [0.25, 0.3) is 5.78 Å². The largest absolute Gasteiger partial charge is 0.507 e. The Hall–Kier alpha value is -4.42. The Bertz CT molecular complexity index is 1730. The summed E-state index contributed by atoms with van der Waals surface area (Å²) in [6.07, 6.45) is 2.99. The fourth-order valence-electron chi connectivity index (χ4n) is 5.08. The van der Waals surface area contributed by atoms with E-state index >= 15 is 0 Å². The summed E-state index contributed by atoms with van der Waals surface area (Å²) in [6.45, 7) is 7.21. The van der Waals surface area contributed by atoms with Gasteiger partial charge in [0, 0.05) is 11.3 Å². The first-order valence-corrected chi connectivity index (χ1v) is 17.3. The molecule has 1 N–H and O–H groups in total. The Balaban J connectivity index is 1.54. The van der Waals surface area contributed by atoms with Gasteiger partial charge in [-0.25, -0.2) is 4.39 Å². The summed E-state index contributed by atoms with van der Waals surface area (Å²) >= 11 is 2.53. The van der Waals surface area contributed by atoms with Crippen molar-refractivity contribution in [1.82, 2.24) is 10.2 Å². The first kappa shape index (κ1) is 33.9. The Kier molecular flexibility index (Phi) is 11.5. The molecule has 9 nitrogen and oxygen atoms in total. The van der Waals surface area contributed by atoms with Crippen molar-refractivity contribution in [2.75, 3.05) is 24.7 Å². The van der Waals surface area contributed by atoms with E-state index in [2.05, 4.69) is 17.1 Å². The fraction of sp³-hybridized carbons (Fsp3) is 0.314. The fourth-order valence-corrected chi connectivity index (χ4v) is 6.90. The summed E-state index contributed by atoms with van der Waals surface area (Å²) in [5.41, 5.74) is 1.68. The van der Waals surface area contributed by atoms with Crippen LogP contribution < -0.4 is 19.1 Å². The molecule has 2 heterocycles. The number of unbranched alkanes of at least 4 members (excludes halogenated alkanes) is 2. The van der Waals surface area contributed by atoms with Gasteiger partial charge in [-0.3, -0.25) is 14.5 Å². The predicted octanol–water partition coefficient (Wildman–Crippen LogP) is 7.96. The number of anilines is 1. The smallest absolute Gasteiger partial charge is 0.301 e. The summed E-state index contributed by atoms with van der Waals surface area (Å²) in [5.74, 6) is -0.218. The van der Waals surface area contributed by atoms with Gasteiger partial charge in [0.2, 0.25) is 5.13 Å². The van der Waals surface area contributed by atoms with Crippen molar-refractivity contribution >= 4 is 45.7 Å². The number of thioether (sulfide) groups is 1. The maximum atomic E-state index is 13.7. The van der Waals surface area contributed by atoms with Crippen LogP contribution in [-0.4, -0.2) is 46.8 Å². The van der Waals surface area contributed by atoms with Crippen molar-refractivity contribution in [1.29, 1.82) is 0 Å². The summed E-state index contributed by atoms with van der Waals surface area (Å²) < 4.78 is 31.4. The average Bonchev–Trinajstić information content (AvgIpc) is 3.65. The monoisotopic (exact) mass is 677 g/mol. The van der Waals surface area contributed by atoms with E-state index in [1.54, 1.807) is 54.6 Å². The average molecular weight is 678 g/mol. The number of Topliss-reactive ketones (excluding diaryl/α,β-unsaturated/α-hetero) is 1. The van der Waals surface area contributed by atoms with Gasteiger partial charge in [0.15, 0.2) is 15.8 Å². The molecule has 1 amide bonds. The molecule has 0 spiro atoms. The van der Waals surface area contributed by atoms with E-state index in [0.29, 0.717) is 58.3 Å². The first-order chi connectivity index (χ1) is 22.8. The van der Waals surface area contributed by atoms with Crippen LogP contribution in [0.25, 0.3) is 5.76 Å². The van der Waals surface area contributed by atoms with E-state index in [-0.39, 0.29) is 22.3 Å². The summed E-state index contributed by atoms with van der Waals surface area (Å²) in [6, 6.07) is 17.0. The highest BCUT2D eigenvalue weighted by Gasteiger charge is 2.48. The van der Waals surface area contributed by atoms with Gasteiger partial charge in [-0.1, -0.05) is 61.1 Å². The second-order valence-electron chi connectivity index (χ2n) is 10.6. The Morgan fingerprint density at radius 3 is 2.36 bits per heavy atom. The van der Waals surface area contributed by atoms with Gasteiger partial charge in [0.1, 0.15) is 17.3 Å². The lowest BCUT2D eigenvalue weighted by molar-refractivity contribution is -0.132. The topological polar surface area (TPSA) is 111 Å². The van der Waals surface area contributed by atoms with E-state index in [9.17, 15) is 19.1 Å². The Morgan fingerprint density at radius 2 is 1.66 bits per heavy atom. The molecule has 1 aliphatic heterocycles. The number of ether oxygens (including phenoxy) is 3. The van der Waals surface area contributed by atoms with Crippen molar-refractivity contribution in [3.05, 3.63) is 94.8 Å². The minimum Gasteiger partial charge on any atom is -0.507 e. The van der Waals surface area contributed by atoms with Crippen LogP contribution in [0.5, 0.6) is 17.2 Å². The van der Waals surface area contributed by atoms with E-state index in [4.69, 9.17) is 14.2 Å². The molecule has 4 aromatic rings. The standard InChI is InChI=1S/C35H36FN3O6S2/c1-4-7-8-19-45-27-18-13-24(20-28(27)44-6-3)30-29(31(40)23-11-16-26(17-12-23)43-5-2)32(41)33(42)39(30)34-37-38-35(47-34)46-21-22-9-14-25(36)15-10-22/h9-18,20,30,40H,4-8,19,21H2,1-3H3. The van der Waals surface area contributed by atoms with Gasteiger partial charge in [0.05, 0.1) is 31.4 Å². The van der Waals surface area contributed by atoms with Gasteiger partial charge in [-0.15, -0.1) is 10.2 Å². The molecule has 0 aliphatic carbocycles. The van der Waals surface area contributed by atoms with Crippen LogP contribution in [0, 0.1) is 5.82 Å². The zero-order valence-corrected chi connectivity index (χ0v) is 28.0. The number of amides is 1.